The van der Waals surface area contributed by atoms with E-state index in [2.05, 4.69) is 6.20 Å². The van der Waals surface area contributed by atoms with E-state index in [1.807, 2.05) is 18.3 Å². The van der Waals surface area contributed by atoms with Crippen molar-refractivity contribution in [2.24, 2.45) is 0 Å². The maximum Gasteiger partial charge on any atom is 0.0648 e. The number of aromatic nitrogens is 1. The van der Waals surface area contributed by atoms with Crippen LogP contribution in [-0.2, 0) is 6.54 Å². The zero-order valence-corrected chi connectivity index (χ0v) is 4.54. The number of aliphatic hydroxyl groups excluding tert-OH is 1. The Morgan fingerprint density at radius 3 is 3.00 bits per heavy atom. The van der Waals surface area contributed by atoms with Gasteiger partial charge < -0.3 is 9.67 Å². The average Bonchev–Trinajstić information content (AvgIpc) is 2.19. The first-order valence-electron chi connectivity index (χ1n) is 2.57. The molecule has 0 amide bonds. The largest absolute Gasteiger partial charge is 0.395 e. The fraction of sp³-hybridized carbons (Fsp3) is 0.333. The van der Waals surface area contributed by atoms with Crippen LogP contribution in [0.2, 0.25) is 0 Å². The van der Waals surface area contributed by atoms with Gasteiger partial charge in [0, 0.05) is 12.7 Å². The molecule has 1 rings (SSSR count). The van der Waals surface area contributed by atoms with Crippen LogP contribution in [0, 0.1) is 6.20 Å². The second kappa shape index (κ2) is 2.52. The molecule has 8 heavy (non-hydrogen) atoms. The van der Waals surface area contributed by atoms with Crippen molar-refractivity contribution in [3.63, 3.8) is 0 Å². The minimum Gasteiger partial charge on any atom is -0.395 e. The van der Waals surface area contributed by atoms with Crippen LogP contribution < -0.4 is 0 Å². The Balaban J connectivity index is 2.50. The predicted octanol–water partition coefficient (Wildman–Crippen LogP) is 0.281. The summed E-state index contributed by atoms with van der Waals surface area (Å²) in [5, 5.41) is 8.40. The first-order chi connectivity index (χ1) is 3.93. The van der Waals surface area contributed by atoms with Crippen molar-refractivity contribution in [3.8, 4) is 0 Å². The fourth-order valence-electron chi connectivity index (χ4n) is 0.576. The van der Waals surface area contributed by atoms with Gasteiger partial charge in [-0.05, 0) is 12.1 Å². The normalized spacial score (nSPS) is 9.62. The maximum atomic E-state index is 8.40. The second-order valence-corrected chi connectivity index (χ2v) is 1.55. The highest BCUT2D eigenvalue weighted by atomic mass is 16.3. The lowest BCUT2D eigenvalue weighted by Gasteiger charge is -1.93. The van der Waals surface area contributed by atoms with E-state index in [4.69, 9.17) is 5.11 Å². The van der Waals surface area contributed by atoms with Gasteiger partial charge in [0.15, 0.2) is 0 Å². The molecule has 1 radical (unpaired) electrons. The van der Waals surface area contributed by atoms with Crippen molar-refractivity contribution < 1.29 is 5.11 Å². The monoisotopic (exact) mass is 110 g/mol. The third kappa shape index (κ3) is 1.10. The SMILES string of the molecule is OCCn1[c]ccc1. The molecule has 0 aliphatic rings. The van der Waals surface area contributed by atoms with Gasteiger partial charge in [0.05, 0.1) is 12.8 Å². The Morgan fingerprint density at radius 1 is 1.62 bits per heavy atom. The number of aliphatic hydroxyl groups is 1. The van der Waals surface area contributed by atoms with Crippen molar-refractivity contribution in [2.45, 2.75) is 6.54 Å². The zero-order chi connectivity index (χ0) is 5.82. The summed E-state index contributed by atoms with van der Waals surface area (Å²) in [6.45, 7) is 0.832. The molecule has 43 valence electrons. The summed E-state index contributed by atoms with van der Waals surface area (Å²) in [4.78, 5) is 0. The van der Waals surface area contributed by atoms with E-state index in [1.54, 1.807) is 4.57 Å². The molecule has 1 aromatic heterocycles. The van der Waals surface area contributed by atoms with Gasteiger partial charge in [0.2, 0.25) is 0 Å². The molecule has 0 unspecified atom stereocenters. The van der Waals surface area contributed by atoms with Gasteiger partial charge in [0.25, 0.3) is 0 Å². The highest BCUT2D eigenvalue weighted by Crippen LogP contribution is 1.85. The van der Waals surface area contributed by atoms with Gasteiger partial charge in [-0.15, -0.1) is 0 Å². The van der Waals surface area contributed by atoms with Crippen LogP contribution in [0.15, 0.2) is 18.3 Å². The van der Waals surface area contributed by atoms with Gasteiger partial charge in [0.1, 0.15) is 0 Å². The van der Waals surface area contributed by atoms with Crippen LogP contribution >= 0.6 is 0 Å². The highest BCUT2D eigenvalue weighted by Gasteiger charge is 1.82. The van der Waals surface area contributed by atoms with E-state index in [1.165, 1.54) is 0 Å². The molecule has 0 bridgehead atoms. The smallest absolute Gasteiger partial charge is 0.0648 e. The number of hydrogen-bond donors (Lipinski definition) is 1. The molecular weight excluding hydrogens is 102 g/mol. The molecule has 2 heteroatoms. The maximum absolute atomic E-state index is 8.40. The molecule has 0 saturated carbocycles. The highest BCUT2D eigenvalue weighted by molar-refractivity contribution is 4.87. The quantitative estimate of drug-likeness (QED) is 0.581. The Bertz CT molecular complexity index is 134. The summed E-state index contributed by atoms with van der Waals surface area (Å²) in [6.07, 6.45) is 4.77. The topological polar surface area (TPSA) is 25.2 Å². The Hall–Kier alpha value is -0.760. The lowest BCUT2D eigenvalue weighted by molar-refractivity contribution is 0.276. The van der Waals surface area contributed by atoms with Crippen LogP contribution in [0.25, 0.3) is 0 Å². The van der Waals surface area contributed by atoms with Crippen molar-refractivity contribution in [1.82, 2.24) is 4.57 Å². The summed E-state index contributed by atoms with van der Waals surface area (Å²) in [5.74, 6) is 0. The summed E-state index contributed by atoms with van der Waals surface area (Å²) >= 11 is 0. The van der Waals surface area contributed by atoms with Crippen LogP contribution in [-0.4, -0.2) is 16.3 Å². The minimum atomic E-state index is 0.186. The Kier molecular flexibility index (Phi) is 1.70. The van der Waals surface area contributed by atoms with Crippen LogP contribution in [0.4, 0.5) is 0 Å². The summed E-state index contributed by atoms with van der Waals surface area (Å²) in [7, 11) is 0. The van der Waals surface area contributed by atoms with Crippen LogP contribution in [0.5, 0.6) is 0 Å². The van der Waals surface area contributed by atoms with Gasteiger partial charge in [-0.3, -0.25) is 0 Å². The molecule has 1 N–H and O–H groups in total. The second-order valence-electron chi connectivity index (χ2n) is 1.55. The van der Waals surface area contributed by atoms with Gasteiger partial charge in [-0.2, -0.15) is 0 Å². The minimum absolute atomic E-state index is 0.186. The van der Waals surface area contributed by atoms with Gasteiger partial charge in [-0.25, -0.2) is 0 Å². The third-order valence-electron chi connectivity index (χ3n) is 0.943. The van der Waals surface area contributed by atoms with E-state index in [0.717, 1.165) is 0 Å². The third-order valence-corrected chi connectivity index (χ3v) is 0.943. The molecule has 0 saturated heterocycles. The van der Waals surface area contributed by atoms with E-state index in [0.29, 0.717) is 6.54 Å². The number of rotatable bonds is 2. The van der Waals surface area contributed by atoms with Gasteiger partial charge >= 0.3 is 0 Å². The van der Waals surface area contributed by atoms with Crippen LogP contribution in [0.3, 0.4) is 0 Å². The molecule has 1 heterocycles. The number of hydrogen-bond acceptors (Lipinski definition) is 1. The standard InChI is InChI=1S/C6H8NO/c8-6-5-7-3-1-2-4-7/h1-3,8H,5-6H2. The molecule has 0 aliphatic heterocycles. The molecule has 0 fully saturated rings. The van der Waals surface area contributed by atoms with E-state index >= 15 is 0 Å². The lowest BCUT2D eigenvalue weighted by Crippen LogP contribution is -1.97. The first kappa shape index (κ1) is 5.38. The first-order valence-corrected chi connectivity index (χ1v) is 2.57. The zero-order valence-electron chi connectivity index (χ0n) is 4.54. The molecule has 0 aromatic carbocycles. The van der Waals surface area contributed by atoms with E-state index in [-0.39, 0.29) is 6.61 Å². The molecule has 0 aliphatic carbocycles. The summed E-state index contributed by atoms with van der Waals surface area (Å²) in [5.41, 5.74) is 0. The van der Waals surface area contributed by atoms with E-state index < -0.39 is 0 Å². The molecule has 1 aromatic rings. The fourth-order valence-corrected chi connectivity index (χ4v) is 0.576. The van der Waals surface area contributed by atoms with Crippen molar-refractivity contribution in [1.29, 1.82) is 0 Å². The Morgan fingerprint density at radius 2 is 2.50 bits per heavy atom. The lowest BCUT2D eigenvalue weighted by atomic mass is 10.7. The number of nitrogens with zero attached hydrogens (tertiary/aromatic N) is 1. The summed E-state index contributed by atoms with van der Waals surface area (Å²) in [6, 6.07) is 3.70. The molecule has 2 nitrogen and oxygen atoms in total. The van der Waals surface area contributed by atoms with Gasteiger partial charge in [-0.1, -0.05) is 0 Å². The Labute approximate surface area is 48.4 Å². The van der Waals surface area contributed by atoms with Crippen LogP contribution in [0.1, 0.15) is 0 Å². The van der Waals surface area contributed by atoms with Crippen molar-refractivity contribution in [3.05, 3.63) is 24.5 Å². The van der Waals surface area contributed by atoms with Crippen molar-refractivity contribution in [2.75, 3.05) is 6.61 Å². The molecule has 0 atom stereocenters. The molecular formula is C6H8NO. The van der Waals surface area contributed by atoms with Crippen molar-refractivity contribution >= 4 is 0 Å². The predicted molar refractivity (Wildman–Crippen MR) is 30.4 cm³/mol. The van der Waals surface area contributed by atoms with E-state index in [9.17, 15) is 0 Å². The summed E-state index contributed by atoms with van der Waals surface area (Å²) < 4.78 is 1.81. The average molecular weight is 110 g/mol. The molecule has 0 spiro atoms.